The van der Waals surface area contributed by atoms with E-state index in [1.165, 1.54) is 19.4 Å². The molecule has 0 bridgehead atoms. The average molecular weight is 308 g/mol. The molecule has 1 saturated heterocycles. The lowest BCUT2D eigenvalue weighted by atomic mass is 9.98. The van der Waals surface area contributed by atoms with E-state index in [0.29, 0.717) is 11.5 Å². The van der Waals surface area contributed by atoms with Crippen molar-refractivity contribution in [2.45, 2.75) is 12.8 Å². The molecule has 96 valence electrons. The number of benzene rings is 1. The maximum absolute atomic E-state index is 9.15. The van der Waals surface area contributed by atoms with Crippen LogP contribution in [0.15, 0.2) is 22.7 Å². The molecule has 1 aromatic rings. The molecule has 1 fully saturated rings. The number of nitrogens with one attached hydrogen (secondary N) is 1. The molecule has 0 amide bonds. The van der Waals surface area contributed by atoms with Crippen LogP contribution >= 0.6 is 15.9 Å². The van der Waals surface area contributed by atoms with Gasteiger partial charge in [-0.15, -0.1) is 0 Å². The minimum atomic E-state index is 0.675. The zero-order valence-corrected chi connectivity index (χ0v) is 12.2. The fraction of sp³-hybridized carbons (Fsp3) is 0.500. The monoisotopic (exact) mass is 307 g/mol. The highest BCUT2D eigenvalue weighted by molar-refractivity contribution is 9.10. The van der Waals surface area contributed by atoms with Crippen molar-refractivity contribution in [1.82, 2.24) is 4.90 Å². The van der Waals surface area contributed by atoms with Crippen molar-refractivity contribution in [3.8, 4) is 6.07 Å². The third-order valence-electron chi connectivity index (χ3n) is 3.43. The molecule has 2 rings (SSSR count). The van der Waals surface area contributed by atoms with Gasteiger partial charge in [0.15, 0.2) is 0 Å². The largest absolute Gasteiger partial charge is 0.384 e. The van der Waals surface area contributed by atoms with E-state index in [1.54, 1.807) is 0 Å². The zero-order chi connectivity index (χ0) is 13.0. The molecule has 1 N–H and O–H groups in total. The Morgan fingerprint density at radius 1 is 1.56 bits per heavy atom. The van der Waals surface area contributed by atoms with E-state index in [9.17, 15) is 0 Å². The Morgan fingerprint density at radius 3 is 3.11 bits per heavy atom. The van der Waals surface area contributed by atoms with Gasteiger partial charge >= 0.3 is 0 Å². The fourth-order valence-electron chi connectivity index (χ4n) is 2.48. The van der Waals surface area contributed by atoms with Gasteiger partial charge in [-0.1, -0.05) is 6.07 Å². The number of anilines is 1. The van der Waals surface area contributed by atoms with E-state index in [1.807, 2.05) is 18.2 Å². The lowest BCUT2D eigenvalue weighted by molar-refractivity contribution is 0.217. The van der Waals surface area contributed by atoms with E-state index < -0.39 is 0 Å². The number of nitrogens with zero attached hydrogens (tertiary/aromatic N) is 2. The number of likely N-dealkylation sites (tertiary alicyclic amines) is 1. The van der Waals surface area contributed by atoms with Gasteiger partial charge in [-0.3, -0.25) is 0 Å². The highest BCUT2D eigenvalue weighted by Gasteiger charge is 2.17. The molecule has 0 aromatic heterocycles. The van der Waals surface area contributed by atoms with Crippen molar-refractivity contribution in [1.29, 1.82) is 5.26 Å². The van der Waals surface area contributed by atoms with Gasteiger partial charge in [0.25, 0.3) is 0 Å². The van der Waals surface area contributed by atoms with Crippen LogP contribution in [0, 0.1) is 17.2 Å². The molecular formula is C14H18BrN3. The summed E-state index contributed by atoms with van der Waals surface area (Å²) in [5, 5.41) is 12.6. The Labute approximate surface area is 117 Å². The Kier molecular flexibility index (Phi) is 4.62. The first-order chi connectivity index (χ1) is 8.70. The van der Waals surface area contributed by atoms with E-state index in [0.717, 1.165) is 23.2 Å². The van der Waals surface area contributed by atoms with Gasteiger partial charge < -0.3 is 10.2 Å². The SMILES string of the molecule is CN1CCCC(CNc2cccc(Br)c2C#N)C1. The predicted octanol–water partition coefficient (Wildman–Crippen LogP) is 3.07. The maximum atomic E-state index is 9.15. The van der Waals surface area contributed by atoms with Gasteiger partial charge in [0.1, 0.15) is 6.07 Å². The molecule has 1 heterocycles. The molecule has 0 saturated carbocycles. The van der Waals surface area contributed by atoms with Crippen LogP contribution in [0.3, 0.4) is 0 Å². The molecule has 1 unspecified atom stereocenters. The topological polar surface area (TPSA) is 39.1 Å². The molecule has 4 heteroatoms. The van der Waals surface area contributed by atoms with Crippen molar-refractivity contribution in [3.05, 3.63) is 28.2 Å². The van der Waals surface area contributed by atoms with Crippen LogP contribution in [0.1, 0.15) is 18.4 Å². The summed E-state index contributed by atoms with van der Waals surface area (Å²) in [5.74, 6) is 0.675. The van der Waals surface area contributed by atoms with Gasteiger partial charge in [-0.25, -0.2) is 0 Å². The van der Waals surface area contributed by atoms with Crippen LogP contribution in [0.25, 0.3) is 0 Å². The standard InChI is InChI=1S/C14H18BrN3/c1-18-7-3-4-11(10-18)9-17-14-6-2-5-13(15)12(14)8-16/h2,5-6,11,17H,3-4,7,9-10H2,1H3. The summed E-state index contributed by atoms with van der Waals surface area (Å²) in [4.78, 5) is 2.38. The van der Waals surface area contributed by atoms with Crippen LogP contribution in [0.5, 0.6) is 0 Å². The molecule has 1 aliphatic rings. The molecule has 1 aromatic carbocycles. The second-order valence-corrected chi connectivity index (χ2v) is 5.78. The normalized spacial score (nSPS) is 20.4. The quantitative estimate of drug-likeness (QED) is 0.933. The van der Waals surface area contributed by atoms with Crippen molar-refractivity contribution >= 4 is 21.6 Å². The summed E-state index contributed by atoms with van der Waals surface area (Å²) < 4.78 is 0.857. The zero-order valence-electron chi connectivity index (χ0n) is 10.6. The molecule has 0 radical (unpaired) electrons. The molecule has 1 atom stereocenters. The summed E-state index contributed by atoms with van der Waals surface area (Å²) in [5.41, 5.74) is 1.63. The number of piperidine rings is 1. The Bertz CT molecular complexity index is 453. The molecule has 3 nitrogen and oxygen atoms in total. The van der Waals surface area contributed by atoms with Gasteiger partial charge in [0.2, 0.25) is 0 Å². The van der Waals surface area contributed by atoms with Crippen LogP contribution in [0.2, 0.25) is 0 Å². The molecule has 1 aliphatic heterocycles. The second kappa shape index (κ2) is 6.21. The number of hydrogen-bond donors (Lipinski definition) is 1. The molecule has 18 heavy (non-hydrogen) atoms. The number of rotatable bonds is 3. The molecular weight excluding hydrogens is 290 g/mol. The smallest absolute Gasteiger partial charge is 0.103 e. The van der Waals surface area contributed by atoms with Gasteiger partial charge in [-0.05, 0) is 60.4 Å². The Balaban J connectivity index is 1.98. The van der Waals surface area contributed by atoms with E-state index in [4.69, 9.17) is 5.26 Å². The lowest BCUT2D eigenvalue weighted by Crippen LogP contribution is -2.35. The summed E-state index contributed by atoms with van der Waals surface area (Å²) in [6, 6.07) is 8.07. The first-order valence-electron chi connectivity index (χ1n) is 6.31. The highest BCUT2D eigenvalue weighted by atomic mass is 79.9. The van der Waals surface area contributed by atoms with Crippen LogP contribution in [-0.2, 0) is 0 Å². The number of halogens is 1. The molecule has 0 aliphatic carbocycles. The Morgan fingerprint density at radius 2 is 2.39 bits per heavy atom. The summed E-state index contributed by atoms with van der Waals surface area (Å²) in [7, 11) is 2.17. The summed E-state index contributed by atoms with van der Waals surface area (Å²) >= 11 is 3.41. The average Bonchev–Trinajstić information content (AvgIpc) is 2.36. The third kappa shape index (κ3) is 3.24. The van der Waals surface area contributed by atoms with E-state index in [-0.39, 0.29) is 0 Å². The third-order valence-corrected chi connectivity index (χ3v) is 4.09. The molecule has 0 spiro atoms. The van der Waals surface area contributed by atoms with Crippen molar-refractivity contribution in [3.63, 3.8) is 0 Å². The highest BCUT2D eigenvalue weighted by Crippen LogP contribution is 2.24. The van der Waals surface area contributed by atoms with Crippen molar-refractivity contribution in [2.24, 2.45) is 5.92 Å². The minimum Gasteiger partial charge on any atom is -0.384 e. The van der Waals surface area contributed by atoms with Gasteiger partial charge in [0, 0.05) is 17.6 Å². The predicted molar refractivity (Wildman–Crippen MR) is 77.6 cm³/mol. The van der Waals surface area contributed by atoms with Crippen LogP contribution < -0.4 is 5.32 Å². The minimum absolute atomic E-state index is 0.675. The summed E-state index contributed by atoms with van der Waals surface area (Å²) in [6.07, 6.45) is 2.54. The second-order valence-electron chi connectivity index (χ2n) is 4.93. The van der Waals surface area contributed by atoms with E-state index in [2.05, 4.69) is 39.3 Å². The van der Waals surface area contributed by atoms with Crippen molar-refractivity contribution < 1.29 is 0 Å². The fourth-order valence-corrected chi connectivity index (χ4v) is 2.93. The van der Waals surface area contributed by atoms with Gasteiger partial charge in [0.05, 0.1) is 11.3 Å². The number of hydrogen-bond acceptors (Lipinski definition) is 3. The van der Waals surface area contributed by atoms with Crippen molar-refractivity contribution in [2.75, 3.05) is 32.0 Å². The summed E-state index contributed by atoms with van der Waals surface area (Å²) in [6.45, 7) is 3.29. The van der Waals surface area contributed by atoms with Crippen LogP contribution in [0.4, 0.5) is 5.69 Å². The first kappa shape index (κ1) is 13.4. The first-order valence-corrected chi connectivity index (χ1v) is 7.11. The maximum Gasteiger partial charge on any atom is 0.103 e. The van der Waals surface area contributed by atoms with Gasteiger partial charge in [-0.2, -0.15) is 5.26 Å². The van der Waals surface area contributed by atoms with E-state index >= 15 is 0 Å². The lowest BCUT2D eigenvalue weighted by Gasteiger charge is -2.30. The van der Waals surface area contributed by atoms with Crippen LogP contribution in [-0.4, -0.2) is 31.6 Å². The Hall–Kier alpha value is -1.05. The number of nitriles is 1.